The molecule has 1 N–H and O–H groups in total. The summed E-state index contributed by atoms with van der Waals surface area (Å²) in [6.45, 7) is 0.840. The molecule has 2 heterocycles. The van der Waals surface area contributed by atoms with Crippen LogP contribution in [0.1, 0.15) is 17.5 Å². The van der Waals surface area contributed by atoms with Gasteiger partial charge in [-0.05, 0) is 24.0 Å². The molecule has 1 aliphatic carbocycles. The summed E-state index contributed by atoms with van der Waals surface area (Å²) in [6, 6.07) is 8.50. The Kier molecular flexibility index (Phi) is 3.80. The lowest BCUT2D eigenvalue weighted by Crippen LogP contribution is -2.41. The second-order valence-corrected chi connectivity index (χ2v) is 6.58. The van der Waals surface area contributed by atoms with Crippen molar-refractivity contribution in [3.05, 3.63) is 54.1 Å². The summed E-state index contributed by atoms with van der Waals surface area (Å²) >= 11 is 0. The number of nitrogens with zero attached hydrogens (tertiary/aromatic N) is 3. The number of benzene rings is 1. The van der Waals surface area contributed by atoms with Gasteiger partial charge in [0.1, 0.15) is 6.54 Å². The SMILES string of the molecule is O=C(Cn1ccnc1)N[C@@H]1CC(=O)N(C2Cc3ccccc3C2)C1. The minimum atomic E-state index is -0.0998. The van der Waals surface area contributed by atoms with E-state index in [0.29, 0.717) is 13.0 Å². The number of nitrogens with one attached hydrogen (secondary N) is 1. The molecule has 2 aliphatic rings. The van der Waals surface area contributed by atoms with Crippen LogP contribution in [-0.4, -0.2) is 44.9 Å². The fourth-order valence-corrected chi connectivity index (χ4v) is 3.76. The van der Waals surface area contributed by atoms with Gasteiger partial charge in [-0.25, -0.2) is 4.98 Å². The first-order valence-corrected chi connectivity index (χ1v) is 8.30. The molecule has 0 spiro atoms. The molecule has 6 nitrogen and oxygen atoms in total. The first kappa shape index (κ1) is 14.9. The summed E-state index contributed by atoms with van der Waals surface area (Å²) < 4.78 is 1.72. The first-order valence-electron chi connectivity index (χ1n) is 8.30. The molecule has 24 heavy (non-hydrogen) atoms. The quantitative estimate of drug-likeness (QED) is 0.903. The van der Waals surface area contributed by atoms with E-state index in [1.165, 1.54) is 11.1 Å². The maximum atomic E-state index is 12.4. The Morgan fingerprint density at radius 3 is 2.62 bits per heavy atom. The van der Waals surface area contributed by atoms with Gasteiger partial charge in [-0.3, -0.25) is 9.59 Å². The highest BCUT2D eigenvalue weighted by molar-refractivity contribution is 5.82. The van der Waals surface area contributed by atoms with Gasteiger partial charge in [0.2, 0.25) is 11.8 Å². The van der Waals surface area contributed by atoms with Crippen molar-refractivity contribution in [2.45, 2.75) is 37.9 Å². The van der Waals surface area contributed by atoms with Crippen LogP contribution in [0.3, 0.4) is 0 Å². The molecule has 0 unspecified atom stereocenters. The van der Waals surface area contributed by atoms with Gasteiger partial charge in [-0.15, -0.1) is 0 Å². The lowest BCUT2D eigenvalue weighted by atomic mass is 10.1. The molecule has 1 aromatic carbocycles. The molecular formula is C18H20N4O2. The molecule has 1 aliphatic heterocycles. The van der Waals surface area contributed by atoms with Crippen LogP contribution in [0.25, 0.3) is 0 Å². The molecule has 0 bridgehead atoms. The average Bonchev–Trinajstić information content (AvgIpc) is 3.26. The second-order valence-electron chi connectivity index (χ2n) is 6.58. The maximum absolute atomic E-state index is 12.4. The summed E-state index contributed by atoms with van der Waals surface area (Å²) in [5.74, 6) is 0.0584. The highest BCUT2D eigenvalue weighted by Gasteiger charge is 2.37. The van der Waals surface area contributed by atoms with E-state index in [2.05, 4.69) is 22.4 Å². The Labute approximate surface area is 140 Å². The fourth-order valence-electron chi connectivity index (χ4n) is 3.76. The zero-order valence-electron chi connectivity index (χ0n) is 13.4. The van der Waals surface area contributed by atoms with Crippen molar-refractivity contribution < 1.29 is 9.59 Å². The number of imidazole rings is 1. The first-order chi connectivity index (χ1) is 11.7. The van der Waals surface area contributed by atoms with Crippen molar-refractivity contribution in [3.63, 3.8) is 0 Å². The van der Waals surface area contributed by atoms with Crippen LogP contribution in [0.5, 0.6) is 0 Å². The molecule has 0 saturated carbocycles. The van der Waals surface area contributed by atoms with Gasteiger partial charge < -0.3 is 14.8 Å². The lowest BCUT2D eigenvalue weighted by Gasteiger charge is -2.24. The number of hydrogen-bond acceptors (Lipinski definition) is 3. The lowest BCUT2D eigenvalue weighted by molar-refractivity contribution is -0.129. The van der Waals surface area contributed by atoms with Crippen molar-refractivity contribution in [1.29, 1.82) is 0 Å². The van der Waals surface area contributed by atoms with Crippen LogP contribution in [0.2, 0.25) is 0 Å². The highest BCUT2D eigenvalue weighted by atomic mass is 16.2. The Balaban J connectivity index is 1.35. The Morgan fingerprint density at radius 1 is 1.21 bits per heavy atom. The summed E-state index contributed by atoms with van der Waals surface area (Å²) in [4.78, 5) is 30.3. The minimum absolute atomic E-state index is 0.0811. The van der Waals surface area contributed by atoms with Crippen molar-refractivity contribution in [2.24, 2.45) is 0 Å². The standard InChI is InChI=1S/C18H20N4O2/c23-17(11-21-6-5-19-12-21)20-15-9-18(24)22(10-15)16-7-13-3-1-2-4-14(13)8-16/h1-6,12,15-16H,7-11H2,(H,20,23)/t15-/m1/s1. The van der Waals surface area contributed by atoms with E-state index in [1.54, 1.807) is 23.3 Å². The van der Waals surface area contributed by atoms with E-state index in [1.807, 2.05) is 17.0 Å². The molecule has 0 radical (unpaired) electrons. The van der Waals surface area contributed by atoms with E-state index in [9.17, 15) is 9.59 Å². The van der Waals surface area contributed by atoms with Crippen molar-refractivity contribution >= 4 is 11.8 Å². The maximum Gasteiger partial charge on any atom is 0.240 e. The molecule has 2 aromatic rings. The third-order valence-corrected chi connectivity index (χ3v) is 4.88. The van der Waals surface area contributed by atoms with Crippen LogP contribution < -0.4 is 5.32 Å². The van der Waals surface area contributed by atoms with Gasteiger partial charge in [0, 0.05) is 31.4 Å². The highest BCUT2D eigenvalue weighted by Crippen LogP contribution is 2.28. The van der Waals surface area contributed by atoms with Crippen molar-refractivity contribution in [3.8, 4) is 0 Å². The minimum Gasteiger partial charge on any atom is -0.350 e. The molecule has 4 rings (SSSR count). The number of carbonyl (C=O) groups excluding carboxylic acids is 2. The molecular weight excluding hydrogens is 304 g/mol. The summed E-state index contributed by atoms with van der Waals surface area (Å²) in [6.07, 6.45) is 7.23. The Bertz CT molecular complexity index is 731. The number of carbonyl (C=O) groups is 2. The van der Waals surface area contributed by atoms with E-state index in [-0.39, 0.29) is 30.4 Å². The topological polar surface area (TPSA) is 67.2 Å². The Morgan fingerprint density at radius 2 is 1.96 bits per heavy atom. The molecule has 1 aromatic heterocycles. The van der Waals surface area contributed by atoms with Crippen LogP contribution >= 0.6 is 0 Å². The van der Waals surface area contributed by atoms with Gasteiger partial charge in [0.05, 0.1) is 12.4 Å². The van der Waals surface area contributed by atoms with Crippen molar-refractivity contribution in [2.75, 3.05) is 6.54 Å². The second kappa shape index (κ2) is 6.11. The number of aromatic nitrogens is 2. The monoisotopic (exact) mass is 324 g/mol. The largest absolute Gasteiger partial charge is 0.350 e. The number of fused-ring (bicyclic) bond motifs is 1. The van der Waals surface area contributed by atoms with E-state index in [4.69, 9.17) is 0 Å². The third-order valence-electron chi connectivity index (χ3n) is 4.88. The third kappa shape index (κ3) is 2.91. The number of likely N-dealkylation sites (tertiary alicyclic amines) is 1. The molecule has 6 heteroatoms. The molecule has 1 fully saturated rings. The smallest absolute Gasteiger partial charge is 0.240 e. The van der Waals surface area contributed by atoms with Gasteiger partial charge in [0.25, 0.3) is 0 Å². The molecule has 124 valence electrons. The summed E-state index contributed by atoms with van der Waals surface area (Å²) in [7, 11) is 0. The molecule has 1 atom stereocenters. The summed E-state index contributed by atoms with van der Waals surface area (Å²) in [5, 5.41) is 2.97. The van der Waals surface area contributed by atoms with Gasteiger partial charge in [-0.1, -0.05) is 24.3 Å². The van der Waals surface area contributed by atoms with Gasteiger partial charge >= 0.3 is 0 Å². The van der Waals surface area contributed by atoms with Crippen LogP contribution in [0.15, 0.2) is 43.0 Å². The van der Waals surface area contributed by atoms with Crippen LogP contribution in [0, 0.1) is 0 Å². The zero-order chi connectivity index (χ0) is 16.5. The fraction of sp³-hybridized carbons (Fsp3) is 0.389. The van der Waals surface area contributed by atoms with E-state index < -0.39 is 0 Å². The predicted octanol–water partition coefficient (Wildman–Crippen LogP) is 0.768. The average molecular weight is 324 g/mol. The molecule has 2 amide bonds. The number of rotatable bonds is 4. The van der Waals surface area contributed by atoms with Crippen LogP contribution in [-0.2, 0) is 29.0 Å². The van der Waals surface area contributed by atoms with Crippen LogP contribution in [0.4, 0.5) is 0 Å². The summed E-state index contributed by atoms with van der Waals surface area (Å²) in [5.41, 5.74) is 2.67. The Hall–Kier alpha value is -2.63. The molecule has 1 saturated heterocycles. The normalized spacial score (nSPS) is 20.4. The zero-order valence-corrected chi connectivity index (χ0v) is 13.4. The van der Waals surface area contributed by atoms with E-state index >= 15 is 0 Å². The van der Waals surface area contributed by atoms with E-state index in [0.717, 1.165) is 12.8 Å². The number of amides is 2. The van der Waals surface area contributed by atoms with Gasteiger partial charge in [0.15, 0.2) is 0 Å². The number of hydrogen-bond donors (Lipinski definition) is 1. The van der Waals surface area contributed by atoms with Crippen molar-refractivity contribution in [1.82, 2.24) is 19.8 Å². The predicted molar refractivity (Wildman–Crippen MR) is 88.1 cm³/mol. The van der Waals surface area contributed by atoms with Gasteiger partial charge in [-0.2, -0.15) is 0 Å².